The standard InChI is InChI=1S/C11H17NO3S/c1-9-4-6-11(7-5-9)16(14,15)12(3)10(2)8-13/h4-7,10,13H,8H2,1-3H3/t10-/m0/s1. The van der Waals surface area contributed by atoms with Crippen molar-refractivity contribution in [2.45, 2.75) is 24.8 Å². The zero-order valence-corrected chi connectivity index (χ0v) is 10.5. The molecule has 0 amide bonds. The van der Waals surface area contributed by atoms with E-state index in [0.29, 0.717) is 0 Å². The van der Waals surface area contributed by atoms with E-state index in [2.05, 4.69) is 0 Å². The number of hydrogen-bond donors (Lipinski definition) is 1. The second-order valence-corrected chi connectivity index (χ2v) is 5.86. The first-order chi connectivity index (χ1) is 7.39. The molecule has 0 saturated carbocycles. The molecule has 5 heteroatoms. The summed E-state index contributed by atoms with van der Waals surface area (Å²) >= 11 is 0. The highest BCUT2D eigenvalue weighted by Crippen LogP contribution is 2.16. The van der Waals surface area contributed by atoms with Gasteiger partial charge in [-0.15, -0.1) is 0 Å². The highest BCUT2D eigenvalue weighted by atomic mass is 32.2. The smallest absolute Gasteiger partial charge is 0.243 e. The summed E-state index contributed by atoms with van der Waals surface area (Å²) in [6.07, 6.45) is 0. The molecule has 0 radical (unpaired) electrons. The monoisotopic (exact) mass is 243 g/mol. The third kappa shape index (κ3) is 2.61. The van der Waals surface area contributed by atoms with Crippen molar-refractivity contribution < 1.29 is 13.5 Å². The molecule has 0 fully saturated rings. The highest BCUT2D eigenvalue weighted by molar-refractivity contribution is 7.89. The molecule has 1 rings (SSSR count). The molecule has 0 aliphatic rings. The van der Waals surface area contributed by atoms with E-state index in [1.54, 1.807) is 31.2 Å². The predicted octanol–water partition coefficient (Wildman–Crippen LogP) is 0.996. The molecule has 4 nitrogen and oxygen atoms in total. The van der Waals surface area contributed by atoms with Crippen LogP contribution >= 0.6 is 0 Å². The van der Waals surface area contributed by atoms with Crippen LogP contribution in [0.4, 0.5) is 0 Å². The van der Waals surface area contributed by atoms with Gasteiger partial charge in [-0.2, -0.15) is 4.31 Å². The molecule has 0 aromatic heterocycles. The maximum Gasteiger partial charge on any atom is 0.243 e. The quantitative estimate of drug-likeness (QED) is 0.858. The summed E-state index contributed by atoms with van der Waals surface area (Å²) < 4.78 is 25.3. The van der Waals surface area contributed by atoms with Crippen LogP contribution in [0.5, 0.6) is 0 Å². The number of nitrogens with zero attached hydrogens (tertiary/aromatic N) is 1. The van der Waals surface area contributed by atoms with Gasteiger partial charge in [0, 0.05) is 13.1 Å². The molecule has 1 atom stereocenters. The Morgan fingerprint density at radius 2 is 1.81 bits per heavy atom. The van der Waals surface area contributed by atoms with Crippen molar-refractivity contribution in [1.82, 2.24) is 4.31 Å². The van der Waals surface area contributed by atoms with Crippen LogP contribution in [-0.4, -0.2) is 37.5 Å². The minimum Gasteiger partial charge on any atom is -0.395 e. The molecule has 0 bridgehead atoms. The third-order valence-electron chi connectivity index (χ3n) is 2.58. The van der Waals surface area contributed by atoms with Gasteiger partial charge in [-0.1, -0.05) is 17.7 Å². The average molecular weight is 243 g/mol. The predicted molar refractivity (Wildman–Crippen MR) is 62.7 cm³/mol. The zero-order valence-electron chi connectivity index (χ0n) is 9.71. The fourth-order valence-electron chi connectivity index (χ4n) is 1.23. The molecule has 0 saturated heterocycles. The minimum absolute atomic E-state index is 0.193. The van der Waals surface area contributed by atoms with Crippen LogP contribution in [0.1, 0.15) is 12.5 Å². The Balaban J connectivity index is 3.07. The summed E-state index contributed by atoms with van der Waals surface area (Å²) in [5.41, 5.74) is 1.01. The van der Waals surface area contributed by atoms with Crippen molar-refractivity contribution in [3.8, 4) is 0 Å². The van der Waals surface area contributed by atoms with Gasteiger partial charge in [0.15, 0.2) is 0 Å². The van der Waals surface area contributed by atoms with Crippen molar-refractivity contribution in [3.63, 3.8) is 0 Å². The lowest BCUT2D eigenvalue weighted by molar-refractivity contribution is 0.214. The molecule has 0 spiro atoms. The molecule has 0 heterocycles. The summed E-state index contributed by atoms with van der Waals surface area (Å²) in [6, 6.07) is 6.23. The van der Waals surface area contributed by atoms with Gasteiger partial charge >= 0.3 is 0 Å². The van der Waals surface area contributed by atoms with E-state index in [1.165, 1.54) is 11.4 Å². The molecule has 16 heavy (non-hydrogen) atoms. The number of benzene rings is 1. The van der Waals surface area contributed by atoms with Crippen molar-refractivity contribution in [3.05, 3.63) is 29.8 Å². The summed E-state index contributed by atoms with van der Waals surface area (Å²) in [5, 5.41) is 8.95. The Hall–Kier alpha value is -0.910. The maximum atomic E-state index is 12.1. The van der Waals surface area contributed by atoms with E-state index in [1.807, 2.05) is 6.92 Å². The highest BCUT2D eigenvalue weighted by Gasteiger charge is 2.24. The van der Waals surface area contributed by atoms with Gasteiger partial charge in [-0.3, -0.25) is 0 Å². The Bertz CT molecular complexity index is 439. The first-order valence-corrected chi connectivity index (χ1v) is 6.49. The molecular formula is C11H17NO3S. The molecule has 1 N–H and O–H groups in total. The van der Waals surface area contributed by atoms with Gasteiger partial charge in [0.2, 0.25) is 10.0 Å². The molecule has 0 aliphatic heterocycles. The first-order valence-electron chi connectivity index (χ1n) is 5.05. The number of likely N-dealkylation sites (N-methyl/N-ethyl adjacent to an activating group) is 1. The van der Waals surface area contributed by atoms with Gasteiger partial charge in [-0.25, -0.2) is 8.42 Å². The van der Waals surface area contributed by atoms with Crippen LogP contribution in [0.15, 0.2) is 29.2 Å². The summed E-state index contributed by atoms with van der Waals surface area (Å²) in [5.74, 6) is 0. The van der Waals surface area contributed by atoms with E-state index in [9.17, 15) is 8.42 Å². The van der Waals surface area contributed by atoms with Crippen molar-refractivity contribution in [2.24, 2.45) is 0 Å². The number of hydrogen-bond acceptors (Lipinski definition) is 3. The Kier molecular flexibility index (Phi) is 4.07. The third-order valence-corrected chi connectivity index (χ3v) is 4.57. The summed E-state index contributed by atoms with van der Waals surface area (Å²) in [7, 11) is -2.03. The average Bonchev–Trinajstić information content (AvgIpc) is 2.27. The number of rotatable bonds is 4. The van der Waals surface area contributed by atoms with Gasteiger partial charge < -0.3 is 5.11 Å². The van der Waals surface area contributed by atoms with E-state index in [0.717, 1.165) is 5.56 Å². The molecule has 1 aromatic rings. The SMILES string of the molecule is Cc1ccc(S(=O)(=O)N(C)[C@@H](C)CO)cc1. The number of aliphatic hydroxyl groups excluding tert-OH is 1. The molecule has 0 aliphatic carbocycles. The topological polar surface area (TPSA) is 57.6 Å². The zero-order chi connectivity index (χ0) is 12.3. The lowest BCUT2D eigenvalue weighted by atomic mass is 10.2. The maximum absolute atomic E-state index is 12.1. The minimum atomic E-state index is -3.49. The fourth-order valence-corrected chi connectivity index (χ4v) is 2.58. The molecule has 1 aromatic carbocycles. The largest absolute Gasteiger partial charge is 0.395 e. The van der Waals surface area contributed by atoms with Crippen LogP contribution in [0, 0.1) is 6.92 Å². The Labute approximate surface area is 96.6 Å². The van der Waals surface area contributed by atoms with E-state index in [4.69, 9.17) is 5.11 Å². The van der Waals surface area contributed by atoms with Crippen molar-refractivity contribution in [1.29, 1.82) is 0 Å². The fraction of sp³-hybridized carbons (Fsp3) is 0.455. The van der Waals surface area contributed by atoms with Crippen LogP contribution in [0.25, 0.3) is 0 Å². The number of aryl methyl sites for hydroxylation is 1. The van der Waals surface area contributed by atoms with Gasteiger partial charge in [-0.05, 0) is 26.0 Å². The molecule has 90 valence electrons. The lowest BCUT2D eigenvalue weighted by Gasteiger charge is -2.22. The van der Waals surface area contributed by atoms with Crippen LogP contribution < -0.4 is 0 Å². The first kappa shape index (κ1) is 13.2. The van der Waals surface area contributed by atoms with Crippen LogP contribution in [-0.2, 0) is 10.0 Å². The Morgan fingerprint density at radius 1 is 1.31 bits per heavy atom. The molecule has 0 unspecified atom stereocenters. The van der Waals surface area contributed by atoms with Gasteiger partial charge in [0.25, 0.3) is 0 Å². The lowest BCUT2D eigenvalue weighted by Crippen LogP contribution is -2.37. The van der Waals surface area contributed by atoms with Gasteiger partial charge in [0.1, 0.15) is 0 Å². The number of aliphatic hydroxyl groups is 1. The second kappa shape index (κ2) is 4.95. The van der Waals surface area contributed by atoms with E-state index < -0.39 is 16.1 Å². The van der Waals surface area contributed by atoms with Crippen LogP contribution in [0.2, 0.25) is 0 Å². The summed E-state index contributed by atoms with van der Waals surface area (Å²) in [6.45, 7) is 3.36. The second-order valence-electron chi connectivity index (χ2n) is 3.87. The number of sulfonamides is 1. The van der Waals surface area contributed by atoms with Crippen LogP contribution in [0.3, 0.4) is 0 Å². The van der Waals surface area contributed by atoms with Crippen molar-refractivity contribution >= 4 is 10.0 Å². The normalized spacial score (nSPS) is 14.1. The van der Waals surface area contributed by atoms with E-state index >= 15 is 0 Å². The Morgan fingerprint density at radius 3 is 2.25 bits per heavy atom. The molecular weight excluding hydrogens is 226 g/mol. The van der Waals surface area contributed by atoms with E-state index in [-0.39, 0.29) is 11.5 Å². The summed E-state index contributed by atoms with van der Waals surface area (Å²) in [4.78, 5) is 0.251. The van der Waals surface area contributed by atoms with Crippen molar-refractivity contribution in [2.75, 3.05) is 13.7 Å². The van der Waals surface area contributed by atoms with Gasteiger partial charge in [0.05, 0.1) is 11.5 Å².